The van der Waals surface area contributed by atoms with Gasteiger partial charge in [0.2, 0.25) is 17.7 Å². The second-order valence-corrected chi connectivity index (χ2v) is 9.40. The first-order valence-corrected chi connectivity index (χ1v) is 10.4. The topological polar surface area (TPSA) is 98.7 Å². The van der Waals surface area contributed by atoms with Gasteiger partial charge < -0.3 is 20.6 Å². The predicted octanol–water partition coefficient (Wildman–Crippen LogP) is 0.121. The Kier molecular flexibility index (Phi) is 5.53. The van der Waals surface area contributed by atoms with Crippen LogP contribution in [0.4, 0.5) is 0 Å². The number of carbonyl (C=O) groups is 3. The fraction of sp³-hybridized carbons (Fsp3) is 0.833. The molecule has 146 valence electrons. The van der Waals surface area contributed by atoms with E-state index in [1.54, 1.807) is 23.7 Å². The van der Waals surface area contributed by atoms with Crippen LogP contribution < -0.4 is 10.6 Å². The standard InChI is InChI=1S/C18H29N3O4S/c1-10(2)20-16(24)14-18-7-6-11(26-18)12(15(23)19-3)13(18)17(25)21(14)8-4-5-9-22/h10-14,22H,4-9H2,1-3H3,(H,19,23)(H,20,24)/t11-,12+,13-,14?,18?/m0/s1. The van der Waals surface area contributed by atoms with Crippen molar-refractivity contribution < 1.29 is 19.5 Å². The molecule has 2 unspecified atom stereocenters. The highest BCUT2D eigenvalue weighted by atomic mass is 32.2. The second-order valence-electron chi connectivity index (χ2n) is 7.80. The van der Waals surface area contributed by atoms with Gasteiger partial charge >= 0.3 is 0 Å². The molecule has 5 atom stereocenters. The molecule has 3 aliphatic rings. The lowest BCUT2D eigenvalue weighted by Gasteiger charge is -2.34. The van der Waals surface area contributed by atoms with Gasteiger partial charge in [-0.1, -0.05) is 0 Å². The van der Waals surface area contributed by atoms with Crippen LogP contribution in [0.25, 0.3) is 0 Å². The van der Waals surface area contributed by atoms with Gasteiger partial charge in [0.15, 0.2) is 0 Å². The molecule has 8 heteroatoms. The van der Waals surface area contributed by atoms with E-state index in [1.165, 1.54) is 0 Å². The van der Waals surface area contributed by atoms with E-state index in [4.69, 9.17) is 5.11 Å². The van der Waals surface area contributed by atoms with Crippen molar-refractivity contribution in [2.45, 2.75) is 61.6 Å². The molecule has 3 saturated heterocycles. The molecule has 3 fully saturated rings. The van der Waals surface area contributed by atoms with Gasteiger partial charge in [0.1, 0.15) is 6.04 Å². The van der Waals surface area contributed by atoms with Crippen molar-refractivity contribution in [1.29, 1.82) is 0 Å². The van der Waals surface area contributed by atoms with Crippen LogP contribution in [0.1, 0.15) is 39.5 Å². The molecule has 0 aromatic rings. The van der Waals surface area contributed by atoms with E-state index in [0.29, 0.717) is 19.4 Å². The lowest BCUT2D eigenvalue weighted by Crippen LogP contribution is -2.54. The summed E-state index contributed by atoms with van der Waals surface area (Å²) in [6, 6.07) is -0.545. The lowest BCUT2D eigenvalue weighted by molar-refractivity contribution is -0.140. The summed E-state index contributed by atoms with van der Waals surface area (Å²) >= 11 is 1.68. The molecule has 3 amide bonds. The number of aliphatic hydroxyl groups excluding tert-OH is 1. The fourth-order valence-corrected chi connectivity index (χ4v) is 7.14. The van der Waals surface area contributed by atoms with Crippen LogP contribution in [0.5, 0.6) is 0 Å². The van der Waals surface area contributed by atoms with Crippen molar-refractivity contribution in [2.75, 3.05) is 20.2 Å². The molecule has 0 saturated carbocycles. The highest BCUT2D eigenvalue weighted by molar-refractivity contribution is 8.02. The van der Waals surface area contributed by atoms with Crippen LogP contribution >= 0.6 is 11.8 Å². The summed E-state index contributed by atoms with van der Waals surface area (Å²) in [6.45, 7) is 4.33. The molecule has 1 spiro atoms. The number of nitrogens with zero attached hydrogens (tertiary/aromatic N) is 1. The van der Waals surface area contributed by atoms with Gasteiger partial charge in [-0.15, -0.1) is 11.8 Å². The van der Waals surface area contributed by atoms with Crippen LogP contribution in [-0.2, 0) is 14.4 Å². The Morgan fingerprint density at radius 2 is 2.08 bits per heavy atom. The Bertz CT molecular complexity index is 599. The monoisotopic (exact) mass is 383 g/mol. The van der Waals surface area contributed by atoms with Crippen molar-refractivity contribution in [3.8, 4) is 0 Å². The van der Waals surface area contributed by atoms with Gasteiger partial charge in [-0.2, -0.15) is 0 Å². The number of hydrogen-bond donors (Lipinski definition) is 3. The van der Waals surface area contributed by atoms with Crippen molar-refractivity contribution >= 4 is 29.5 Å². The normalized spacial score (nSPS) is 35.1. The van der Waals surface area contributed by atoms with Crippen molar-refractivity contribution in [3.05, 3.63) is 0 Å². The minimum Gasteiger partial charge on any atom is -0.396 e. The van der Waals surface area contributed by atoms with Crippen molar-refractivity contribution in [3.63, 3.8) is 0 Å². The summed E-state index contributed by atoms with van der Waals surface area (Å²) in [4.78, 5) is 40.5. The van der Waals surface area contributed by atoms with E-state index in [1.807, 2.05) is 13.8 Å². The van der Waals surface area contributed by atoms with Gasteiger partial charge in [-0.3, -0.25) is 14.4 Å². The quantitative estimate of drug-likeness (QED) is 0.543. The molecule has 0 aromatic heterocycles. The van der Waals surface area contributed by atoms with Gasteiger partial charge in [0.05, 0.1) is 16.6 Å². The van der Waals surface area contributed by atoms with E-state index in [0.717, 1.165) is 12.8 Å². The highest BCUT2D eigenvalue weighted by Crippen LogP contribution is 2.66. The summed E-state index contributed by atoms with van der Waals surface area (Å²) in [5.74, 6) is -1.07. The molecule has 0 aromatic carbocycles. The van der Waals surface area contributed by atoms with Gasteiger partial charge in [0, 0.05) is 31.5 Å². The summed E-state index contributed by atoms with van der Waals surface area (Å²) in [7, 11) is 1.60. The smallest absolute Gasteiger partial charge is 0.244 e. The first kappa shape index (κ1) is 19.5. The van der Waals surface area contributed by atoms with E-state index >= 15 is 0 Å². The number of amides is 3. The number of unbranched alkanes of at least 4 members (excludes halogenated alkanes) is 1. The molecule has 0 radical (unpaired) electrons. The Balaban J connectivity index is 1.95. The average Bonchev–Trinajstić information content (AvgIpc) is 3.21. The zero-order valence-electron chi connectivity index (χ0n) is 15.7. The predicted molar refractivity (Wildman–Crippen MR) is 99.5 cm³/mol. The van der Waals surface area contributed by atoms with Crippen LogP contribution in [0, 0.1) is 11.8 Å². The fourth-order valence-electron chi connectivity index (χ4n) is 4.92. The van der Waals surface area contributed by atoms with Crippen LogP contribution in [0.3, 0.4) is 0 Å². The second kappa shape index (κ2) is 7.38. The molecular formula is C18H29N3O4S. The zero-order chi connectivity index (χ0) is 19.1. The maximum atomic E-state index is 13.3. The maximum Gasteiger partial charge on any atom is 0.244 e. The number of rotatable bonds is 7. The number of fused-ring (bicyclic) bond motifs is 1. The lowest BCUT2D eigenvalue weighted by atomic mass is 9.70. The molecule has 3 rings (SSSR count). The van der Waals surface area contributed by atoms with E-state index in [9.17, 15) is 14.4 Å². The Morgan fingerprint density at radius 3 is 2.69 bits per heavy atom. The minimum atomic E-state index is -0.536. The van der Waals surface area contributed by atoms with Gasteiger partial charge in [0.25, 0.3) is 0 Å². The number of carbonyl (C=O) groups excluding carboxylic acids is 3. The third-order valence-corrected chi connectivity index (χ3v) is 7.79. The van der Waals surface area contributed by atoms with Crippen molar-refractivity contribution in [2.24, 2.45) is 11.8 Å². The third-order valence-electron chi connectivity index (χ3n) is 5.84. The van der Waals surface area contributed by atoms with E-state index in [-0.39, 0.29) is 41.5 Å². The van der Waals surface area contributed by atoms with E-state index in [2.05, 4.69) is 10.6 Å². The highest BCUT2D eigenvalue weighted by Gasteiger charge is 2.73. The first-order chi connectivity index (χ1) is 12.4. The SMILES string of the molecule is CNC(=O)[C@@H]1[C@@H]2CCC3(S2)C(C(=O)NC(C)C)N(CCCCO)C(=O)[C@H]13. The number of likely N-dealkylation sites (tertiary alicyclic amines) is 1. The van der Waals surface area contributed by atoms with Crippen LogP contribution in [0.15, 0.2) is 0 Å². The average molecular weight is 384 g/mol. The van der Waals surface area contributed by atoms with Crippen LogP contribution in [-0.4, -0.2) is 70.0 Å². The minimum absolute atomic E-state index is 0.00863. The molecule has 2 bridgehead atoms. The summed E-state index contributed by atoms with van der Waals surface area (Å²) in [6.07, 6.45) is 2.89. The molecule has 3 heterocycles. The van der Waals surface area contributed by atoms with Gasteiger partial charge in [-0.25, -0.2) is 0 Å². The number of aliphatic hydroxyl groups is 1. The molecule has 26 heavy (non-hydrogen) atoms. The molecule has 3 aliphatic heterocycles. The molecule has 3 N–H and O–H groups in total. The first-order valence-electron chi connectivity index (χ1n) is 9.48. The summed E-state index contributed by atoms with van der Waals surface area (Å²) in [5.41, 5.74) is 0. The number of thioether (sulfide) groups is 1. The number of hydrogen-bond acceptors (Lipinski definition) is 5. The summed E-state index contributed by atoms with van der Waals surface area (Å²) < 4.78 is -0.503. The molecular weight excluding hydrogens is 354 g/mol. The van der Waals surface area contributed by atoms with Crippen molar-refractivity contribution in [1.82, 2.24) is 15.5 Å². The Hall–Kier alpha value is -1.28. The van der Waals surface area contributed by atoms with E-state index < -0.39 is 16.7 Å². The molecule has 7 nitrogen and oxygen atoms in total. The largest absolute Gasteiger partial charge is 0.396 e. The van der Waals surface area contributed by atoms with Gasteiger partial charge in [-0.05, 0) is 39.5 Å². The Labute approximate surface area is 158 Å². The summed E-state index contributed by atoms with van der Waals surface area (Å²) in [5, 5.41) is 14.9. The zero-order valence-corrected chi connectivity index (χ0v) is 16.5. The number of nitrogens with one attached hydrogen (secondary N) is 2. The molecule has 0 aliphatic carbocycles. The van der Waals surface area contributed by atoms with Crippen LogP contribution in [0.2, 0.25) is 0 Å². The maximum absolute atomic E-state index is 13.3. The third kappa shape index (κ3) is 2.91. The Morgan fingerprint density at radius 1 is 1.35 bits per heavy atom.